The van der Waals surface area contributed by atoms with Crippen molar-refractivity contribution in [3.8, 4) is 5.75 Å². The SMILES string of the molecule is CCOc1ccccc1C(=O)NNC(=O)c1sc(N2CCOCC2)nc1C. The first-order chi connectivity index (χ1) is 13.1. The number of ether oxygens (including phenoxy) is 2. The zero-order chi connectivity index (χ0) is 19.2. The number of para-hydroxylation sites is 1. The molecule has 2 aromatic rings. The number of hydrazine groups is 1. The van der Waals surface area contributed by atoms with E-state index in [-0.39, 0.29) is 0 Å². The molecule has 3 rings (SSSR count). The molecule has 2 heterocycles. The zero-order valence-electron chi connectivity index (χ0n) is 15.3. The molecule has 0 spiro atoms. The molecule has 1 aliphatic rings. The molecule has 1 aromatic heterocycles. The van der Waals surface area contributed by atoms with Gasteiger partial charge < -0.3 is 14.4 Å². The van der Waals surface area contributed by atoms with Crippen molar-refractivity contribution in [2.24, 2.45) is 0 Å². The number of carbonyl (C=O) groups excluding carboxylic acids is 2. The summed E-state index contributed by atoms with van der Waals surface area (Å²) in [5.74, 6) is -0.370. The van der Waals surface area contributed by atoms with Crippen molar-refractivity contribution in [3.63, 3.8) is 0 Å². The number of nitrogens with one attached hydrogen (secondary N) is 2. The van der Waals surface area contributed by atoms with Crippen LogP contribution in [0.2, 0.25) is 0 Å². The number of nitrogens with zero attached hydrogens (tertiary/aromatic N) is 2. The minimum Gasteiger partial charge on any atom is -0.493 e. The summed E-state index contributed by atoms with van der Waals surface area (Å²) in [4.78, 5) is 31.9. The van der Waals surface area contributed by atoms with E-state index in [0.29, 0.717) is 41.7 Å². The predicted molar refractivity (Wildman–Crippen MR) is 102 cm³/mol. The summed E-state index contributed by atoms with van der Waals surface area (Å²) in [7, 11) is 0. The Balaban J connectivity index is 1.64. The number of amides is 2. The molecule has 1 fully saturated rings. The Morgan fingerprint density at radius 2 is 1.93 bits per heavy atom. The molecule has 0 bridgehead atoms. The van der Waals surface area contributed by atoms with Gasteiger partial charge in [0.2, 0.25) is 0 Å². The minimum atomic E-state index is -0.442. The van der Waals surface area contributed by atoms with Gasteiger partial charge in [-0.25, -0.2) is 4.98 Å². The second-order valence-electron chi connectivity index (χ2n) is 5.85. The van der Waals surface area contributed by atoms with E-state index in [1.165, 1.54) is 11.3 Å². The van der Waals surface area contributed by atoms with E-state index in [9.17, 15) is 9.59 Å². The fourth-order valence-corrected chi connectivity index (χ4v) is 3.67. The molecule has 1 aliphatic heterocycles. The summed E-state index contributed by atoms with van der Waals surface area (Å²) in [5, 5.41) is 0.786. The second kappa shape index (κ2) is 8.83. The van der Waals surface area contributed by atoms with Crippen LogP contribution in [0.4, 0.5) is 5.13 Å². The maximum absolute atomic E-state index is 12.5. The average molecular weight is 390 g/mol. The normalized spacial score (nSPS) is 13.9. The molecular formula is C18H22N4O4S. The van der Waals surface area contributed by atoms with Crippen molar-refractivity contribution in [1.82, 2.24) is 15.8 Å². The van der Waals surface area contributed by atoms with E-state index in [4.69, 9.17) is 9.47 Å². The molecular weight excluding hydrogens is 368 g/mol. The lowest BCUT2D eigenvalue weighted by molar-refractivity contribution is 0.0846. The number of rotatable bonds is 5. The van der Waals surface area contributed by atoms with Gasteiger partial charge in [-0.3, -0.25) is 20.4 Å². The lowest BCUT2D eigenvalue weighted by Gasteiger charge is -2.25. The van der Waals surface area contributed by atoms with Crippen LogP contribution in [0.25, 0.3) is 0 Å². The quantitative estimate of drug-likeness (QED) is 0.756. The lowest BCUT2D eigenvalue weighted by Crippen LogP contribution is -2.41. The van der Waals surface area contributed by atoms with Crippen LogP contribution in [0.3, 0.4) is 0 Å². The molecule has 0 radical (unpaired) electrons. The van der Waals surface area contributed by atoms with Gasteiger partial charge in [0, 0.05) is 13.1 Å². The third-order valence-corrected chi connectivity index (χ3v) is 5.21. The number of aryl methyl sites for hydroxylation is 1. The molecule has 9 heteroatoms. The standard InChI is InChI=1S/C18H22N4O4S/c1-3-26-14-7-5-4-6-13(14)16(23)20-21-17(24)15-12(2)19-18(27-15)22-8-10-25-11-9-22/h4-7H,3,8-11H2,1-2H3,(H,20,23)(H,21,24). The Hall–Kier alpha value is -2.65. The lowest BCUT2D eigenvalue weighted by atomic mass is 10.2. The molecule has 8 nitrogen and oxygen atoms in total. The molecule has 1 aromatic carbocycles. The third kappa shape index (κ3) is 4.55. The monoisotopic (exact) mass is 390 g/mol. The number of hydrogen-bond acceptors (Lipinski definition) is 7. The maximum Gasteiger partial charge on any atom is 0.281 e. The number of aromatic nitrogens is 1. The number of thiazole rings is 1. The number of morpholine rings is 1. The Labute approximate surface area is 161 Å². The molecule has 0 atom stereocenters. The first-order valence-electron chi connectivity index (χ1n) is 8.72. The highest BCUT2D eigenvalue weighted by Crippen LogP contribution is 2.26. The smallest absolute Gasteiger partial charge is 0.281 e. The molecule has 2 N–H and O–H groups in total. The van der Waals surface area contributed by atoms with Gasteiger partial charge in [0.15, 0.2) is 5.13 Å². The number of anilines is 1. The van der Waals surface area contributed by atoms with Gasteiger partial charge in [0.25, 0.3) is 11.8 Å². The van der Waals surface area contributed by atoms with Crippen LogP contribution in [0.1, 0.15) is 32.6 Å². The second-order valence-corrected chi connectivity index (χ2v) is 6.83. The molecule has 1 saturated heterocycles. The van der Waals surface area contributed by atoms with Crippen molar-refractivity contribution in [2.45, 2.75) is 13.8 Å². The summed E-state index contributed by atoms with van der Waals surface area (Å²) >= 11 is 1.30. The van der Waals surface area contributed by atoms with Crippen molar-refractivity contribution in [1.29, 1.82) is 0 Å². The molecule has 144 valence electrons. The molecule has 0 saturated carbocycles. The van der Waals surface area contributed by atoms with Crippen LogP contribution in [-0.2, 0) is 4.74 Å². The highest BCUT2D eigenvalue weighted by molar-refractivity contribution is 7.17. The summed E-state index contributed by atoms with van der Waals surface area (Å²) in [6, 6.07) is 6.87. The number of carbonyl (C=O) groups is 2. The van der Waals surface area contributed by atoms with Gasteiger partial charge in [-0.15, -0.1) is 0 Å². The van der Waals surface area contributed by atoms with Crippen molar-refractivity contribution >= 4 is 28.3 Å². The topological polar surface area (TPSA) is 92.8 Å². The van der Waals surface area contributed by atoms with Crippen LogP contribution in [-0.4, -0.2) is 49.7 Å². The van der Waals surface area contributed by atoms with Crippen LogP contribution < -0.4 is 20.5 Å². The maximum atomic E-state index is 12.5. The molecule has 2 amide bonds. The van der Waals surface area contributed by atoms with Crippen molar-refractivity contribution in [2.75, 3.05) is 37.8 Å². The van der Waals surface area contributed by atoms with E-state index in [1.807, 2.05) is 6.92 Å². The minimum absolute atomic E-state index is 0.356. The van der Waals surface area contributed by atoms with Gasteiger partial charge in [-0.1, -0.05) is 23.5 Å². The summed E-state index contributed by atoms with van der Waals surface area (Å²) in [6.07, 6.45) is 0. The van der Waals surface area contributed by atoms with Gasteiger partial charge >= 0.3 is 0 Å². The Bertz CT molecular complexity index is 817. The highest BCUT2D eigenvalue weighted by atomic mass is 32.1. The van der Waals surface area contributed by atoms with Crippen LogP contribution in [0.15, 0.2) is 24.3 Å². The van der Waals surface area contributed by atoms with Gasteiger partial charge in [0.05, 0.1) is 31.1 Å². The van der Waals surface area contributed by atoms with E-state index in [1.54, 1.807) is 31.2 Å². The van der Waals surface area contributed by atoms with Gasteiger partial charge in [-0.2, -0.15) is 0 Å². The third-order valence-electron chi connectivity index (χ3n) is 3.99. The first-order valence-corrected chi connectivity index (χ1v) is 9.54. The summed E-state index contributed by atoms with van der Waals surface area (Å²) < 4.78 is 10.8. The molecule has 27 heavy (non-hydrogen) atoms. The zero-order valence-corrected chi connectivity index (χ0v) is 16.1. The van der Waals surface area contributed by atoms with Crippen LogP contribution in [0, 0.1) is 6.92 Å². The fourth-order valence-electron chi connectivity index (χ4n) is 2.66. The fraction of sp³-hybridized carbons (Fsp3) is 0.389. The molecule has 0 aliphatic carbocycles. The van der Waals surface area contributed by atoms with Crippen LogP contribution >= 0.6 is 11.3 Å². The van der Waals surface area contributed by atoms with E-state index >= 15 is 0 Å². The first kappa shape index (κ1) is 19.1. The van der Waals surface area contributed by atoms with Gasteiger partial charge in [-0.05, 0) is 26.0 Å². The predicted octanol–water partition coefficient (Wildman–Crippen LogP) is 1.76. The number of hydrogen-bond donors (Lipinski definition) is 2. The Morgan fingerprint density at radius 1 is 1.22 bits per heavy atom. The van der Waals surface area contributed by atoms with Crippen LogP contribution in [0.5, 0.6) is 5.75 Å². The van der Waals surface area contributed by atoms with E-state index in [2.05, 4.69) is 20.7 Å². The highest BCUT2D eigenvalue weighted by Gasteiger charge is 2.21. The summed E-state index contributed by atoms with van der Waals surface area (Å²) in [6.45, 7) is 6.86. The van der Waals surface area contributed by atoms with Crippen molar-refractivity contribution < 1.29 is 19.1 Å². The van der Waals surface area contributed by atoms with E-state index < -0.39 is 11.8 Å². The van der Waals surface area contributed by atoms with E-state index in [0.717, 1.165) is 18.2 Å². The Morgan fingerprint density at radius 3 is 2.67 bits per heavy atom. The Kier molecular flexibility index (Phi) is 6.25. The van der Waals surface area contributed by atoms with Crippen molar-refractivity contribution in [3.05, 3.63) is 40.4 Å². The average Bonchev–Trinajstić information content (AvgIpc) is 3.09. The summed E-state index contributed by atoms with van der Waals surface area (Å²) in [5.41, 5.74) is 5.88. The number of benzene rings is 1. The molecule has 0 unspecified atom stereocenters. The largest absolute Gasteiger partial charge is 0.493 e. The van der Waals surface area contributed by atoms with Gasteiger partial charge in [0.1, 0.15) is 10.6 Å².